The van der Waals surface area contributed by atoms with Gasteiger partial charge < -0.3 is 10.1 Å². The molecule has 0 saturated carbocycles. The van der Waals surface area contributed by atoms with Gasteiger partial charge in [0.1, 0.15) is 0 Å². The van der Waals surface area contributed by atoms with Crippen molar-refractivity contribution < 1.29 is 13.2 Å². The van der Waals surface area contributed by atoms with Gasteiger partial charge in [-0.3, -0.25) is 0 Å². The lowest BCUT2D eigenvalue weighted by Gasteiger charge is -2.21. The van der Waals surface area contributed by atoms with Crippen molar-refractivity contribution in [3.63, 3.8) is 0 Å². The van der Waals surface area contributed by atoms with E-state index in [-0.39, 0.29) is 23.1 Å². The molecule has 0 spiro atoms. The Balaban J connectivity index is 2.14. The summed E-state index contributed by atoms with van der Waals surface area (Å²) in [5.41, 5.74) is 2.28. The number of hydrogen-bond acceptors (Lipinski definition) is 4. The summed E-state index contributed by atoms with van der Waals surface area (Å²) in [6.07, 6.45) is 1.39. The normalized spacial score (nSPS) is 24.1. The zero-order valence-corrected chi connectivity index (χ0v) is 13.8. The average molecular weight is 311 g/mol. The lowest BCUT2D eigenvalue weighted by atomic mass is 10.1. The molecule has 0 aliphatic carbocycles. The third kappa shape index (κ3) is 3.84. The lowest BCUT2D eigenvalue weighted by molar-refractivity contribution is 0.126. The Labute approximate surface area is 127 Å². The van der Waals surface area contributed by atoms with E-state index in [0.29, 0.717) is 13.0 Å². The molecule has 21 heavy (non-hydrogen) atoms. The molecular weight excluding hydrogens is 286 g/mol. The van der Waals surface area contributed by atoms with Crippen molar-refractivity contribution in [1.29, 1.82) is 0 Å². The molecule has 1 saturated heterocycles. The summed E-state index contributed by atoms with van der Waals surface area (Å²) in [7, 11) is -1.36. The third-order valence-corrected chi connectivity index (χ3v) is 6.65. The van der Waals surface area contributed by atoms with Gasteiger partial charge in [0.15, 0.2) is 9.84 Å². The zero-order chi connectivity index (χ0) is 15.5. The molecule has 1 N–H and O–H groups in total. The highest BCUT2D eigenvalue weighted by Crippen LogP contribution is 2.25. The van der Waals surface area contributed by atoms with Crippen LogP contribution in [0.25, 0.3) is 0 Å². The molecule has 118 valence electrons. The largest absolute Gasteiger partial charge is 0.377 e. The molecule has 4 nitrogen and oxygen atoms in total. The van der Waals surface area contributed by atoms with Crippen LogP contribution in [-0.2, 0) is 21.0 Å². The summed E-state index contributed by atoms with van der Waals surface area (Å²) in [5.74, 6) is 0.118. The van der Waals surface area contributed by atoms with Gasteiger partial charge in [0.2, 0.25) is 0 Å². The number of benzene rings is 1. The van der Waals surface area contributed by atoms with Gasteiger partial charge >= 0.3 is 0 Å². The van der Waals surface area contributed by atoms with Gasteiger partial charge in [-0.1, -0.05) is 31.2 Å². The van der Waals surface area contributed by atoms with Crippen LogP contribution < -0.4 is 5.32 Å². The average Bonchev–Trinajstić information content (AvgIpc) is 2.92. The third-order valence-electron chi connectivity index (χ3n) is 4.31. The maximum absolute atomic E-state index is 12.6. The first-order chi connectivity index (χ1) is 9.97. The molecule has 3 atom stereocenters. The van der Waals surface area contributed by atoms with Crippen LogP contribution in [-0.4, -0.2) is 39.2 Å². The van der Waals surface area contributed by atoms with E-state index in [4.69, 9.17) is 4.74 Å². The molecule has 1 aliphatic rings. The first kappa shape index (κ1) is 16.5. The fourth-order valence-corrected chi connectivity index (χ4v) is 5.06. The Morgan fingerprint density at radius 3 is 2.48 bits per heavy atom. The fourth-order valence-electron chi connectivity index (χ4n) is 2.87. The maximum Gasteiger partial charge on any atom is 0.157 e. The molecule has 1 fully saturated rings. The predicted molar refractivity (Wildman–Crippen MR) is 85.2 cm³/mol. The van der Waals surface area contributed by atoms with Crippen molar-refractivity contribution in [2.75, 3.05) is 19.4 Å². The van der Waals surface area contributed by atoms with Gasteiger partial charge in [0.05, 0.1) is 17.1 Å². The summed E-state index contributed by atoms with van der Waals surface area (Å²) in [5, 5.41) is 2.76. The Morgan fingerprint density at radius 1 is 1.33 bits per heavy atom. The van der Waals surface area contributed by atoms with Crippen LogP contribution >= 0.6 is 0 Å². The number of ether oxygens (including phenoxy) is 1. The zero-order valence-electron chi connectivity index (χ0n) is 13.0. The summed E-state index contributed by atoms with van der Waals surface area (Å²) >= 11 is 0. The molecule has 1 aliphatic heterocycles. The Bertz CT molecular complexity index is 553. The van der Waals surface area contributed by atoms with E-state index >= 15 is 0 Å². The van der Waals surface area contributed by atoms with Gasteiger partial charge in [-0.15, -0.1) is 0 Å². The molecule has 2 rings (SSSR count). The second kappa shape index (κ2) is 6.90. The van der Waals surface area contributed by atoms with E-state index in [2.05, 4.69) is 24.4 Å². The molecule has 5 heteroatoms. The van der Waals surface area contributed by atoms with Gasteiger partial charge in [0.25, 0.3) is 0 Å². The van der Waals surface area contributed by atoms with Gasteiger partial charge in [-0.25, -0.2) is 8.42 Å². The molecule has 3 unspecified atom stereocenters. The van der Waals surface area contributed by atoms with Crippen molar-refractivity contribution in [1.82, 2.24) is 5.32 Å². The maximum atomic E-state index is 12.6. The summed E-state index contributed by atoms with van der Waals surface area (Å²) in [6.45, 7) is 4.50. The highest BCUT2D eigenvalue weighted by Gasteiger charge is 2.37. The number of aryl methyl sites for hydroxylation is 1. The van der Waals surface area contributed by atoms with Crippen LogP contribution in [0.3, 0.4) is 0 Å². The van der Waals surface area contributed by atoms with Crippen LogP contribution in [0.15, 0.2) is 24.3 Å². The fraction of sp³-hybridized carbons (Fsp3) is 0.625. The molecule has 0 aromatic heterocycles. The second-order valence-electron chi connectivity index (χ2n) is 5.67. The SMILES string of the molecule is CCc1ccc(C(CS(=O)(=O)C2CCOC2C)NC)cc1. The number of rotatable bonds is 6. The Kier molecular flexibility index (Phi) is 5.41. The van der Waals surface area contributed by atoms with Crippen molar-refractivity contribution in [2.24, 2.45) is 0 Å². The minimum Gasteiger partial charge on any atom is -0.377 e. The Hall–Kier alpha value is -0.910. The van der Waals surface area contributed by atoms with Crippen molar-refractivity contribution >= 4 is 9.84 Å². The van der Waals surface area contributed by atoms with Crippen LogP contribution in [0.5, 0.6) is 0 Å². The van der Waals surface area contributed by atoms with Crippen LogP contribution in [0.1, 0.15) is 37.4 Å². The molecule has 0 radical (unpaired) electrons. The van der Waals surface area contributed by atoms with Crippen molar-refractivity contribution in [3.8, 4) is 0 Å². The Morgan fingerprint density at radius 2 is 2.00 bits per heavy atom. The quantitative estimate of drug-likeness (QED) is 0.874. The molecular formula is C16H25NO3S. The van der Waals surface area contributed by atoms with E-state index in [1.807, 2.05) is 26.1 Å². The van der Waals surface area contributed by atoms with Gasteiger partial charge in [-0.2, -0.15) is 0 Å². The molecule has 0 amide bonds. The van der Waals surface area contributed by atoms with Crippen LogP contribution in [0.2, 0.25) is 0 Å². The number of hydrogen-bond donors (Lipinski definition) is 1. The lowest BCUT2D eigenvalue weighted by Crippen LogP contribution is -2.35. The smallest absolute Gasteiger partial charge is 0.157 e. The second-order valence-corrected chi connectivity index (χ2v) is 7.93. The molecule has 1 aromatic rings. The van der Waals surface area contributed by atoms with Gasteiger partial charge in [-0.05, 0) is 37.9 Å². The molecule has 1 aromatic carbocycles. The van der Waals surface area contributed by atoms with E-state index in [1.54, 1.807) is 0 Å². The minimum absolute atomic E-state index is 0.118. The summed E-state index contributed by atoms with van der Waals surface area (Å²) in [6, 6.07) is 7.99. The minimum atomic E-state index is -3.17. The predicted octanol–water partition coefficient (Wildman–Crippen LogP) is 2.10. The summed E-state index contributed by atoms with van der Waals surface area (Å²) in [4.78, 5) is 0. The van der Waals surface area contributed by atoms with Crippen molar-refractivity contribution in [3.05, 3.63) is 35.4 Å². The standard InChI is InChI=1S/C16H25NO3S/c1-4-13-5-7-14(8-6-13)15(17-3)11-21(18,19)16-9-10-20-12(16)2/h5-8,12,15-17H,4,9-11H2,1-3H3. The van der Waals surface area contributed by atoms with E-state index < -0.39 is 9.84 Å². The first-order valence-electron chi connectivity index (χ1n) is 7.57. The van der Waals surface area contributed by atoms with E-state index in [1.165, 1.54) is 5.56 Å². The van der Waals surface area contributed by atoms with Crippen LogP contribution in [0, 0.1) is 0 Å². The van der Waals surface area contributed by atoms with E-state index in [0.717, 1.165) is 12.0 Å². The van der Waals surface area contributed by atoms with Crippen LogP contribution in [0.4, 0.5) is 0 Å². The number of sulfone groups is 1. The molecule has 1 heterocycles. The highest BCUT2D eigenvalue weighted by atomic mass is 32.2. The van der Waals surface area contributed by atoms with Gasteiger partial charge in [0, 0.05) is 12.6 Å². The summed E-state index contributed by atoms with van der Waals surface area (Å²) < 4.78 is 30.6. The first-order valence-corrected chi connectivity index (χ1v) is 9.28. The highest BCUT2D eigenvalue weighted by molar-refractivity contribution is 7.92. The monoisotopic (exact) mass is 311 g/mol. The van der Waals surface area contributed by atoms with E-state index in [9.17, 15) is 8.42 Å². The topological polar surface area (TPSA) is 55.4 Å². The number of nitrogens with one attached hydrogen (secondary N) is 1. The van der Waals surface area contributed by atoms with Crippen molar-refractivity contribution in [2.45, 2.75) is 44.1 Å². The molecule has 0 bridgehead atoms.